The number of hydrogen-bond donors (Lipinski definition) is 0. The van der Waals surface area contributed by atoms with Crippen molar-refractivity contribution in [3.05, 3.63) is 6.42 Å². The molecule has 0 aliphatic heterocycles. The molecule has 0 amide bonds. The van der Waals surface area contributed by atoms with E-state index in [0.717, 1.165) is 19.3 Å². The van der Waals surface area contributed by atoms with Gasteiger partial charge in [-0.25, -0.2) is 0 Å². The zero-order valence-electron chi connectivity index (χ0n) is 6.43. The van der Waals surface area contributed by atoms with Crippen LogP contribution in [0.15, 0.2) is 0 Å². The normalized spacial score (nSPS) is 11.5. The van der Waals surface area contributed by atoms with Gasteiger partial charge < -0.3 is 0 Å². The molecule has 0 fully saturated rings. The standard InChI is InChI=1S/C10H13/c1-4-7-8-9-10(5-2)6-3/h1-2,8,10H,6-7,9H2,3H3. The Kier molecular flexibility index (Phi) is 5.69. The van der Waals surface area contributed by atoms with E-state index in [4.69, 9.17) is 12.8 Å². The van der Waals surface area contributed by atoms with Crippen LogP contribution in [0.4, 0.5) is 0 Å². The number of terminal acetylenes is 2. The number of rotatable bonds is 4. The molecule has 1 unspecified atom stereocenters. The van der Waals surface area contributed by atoms with Crippen LogP contribution in [-0.2, 0) is 0 Å². The molecule has 0 aliphatic carbocycles. The topological polar surface area (TPSA) is 0 Å². The molecular weight excluding hydrogens is 120 g/mol. The third kappa shape index (κ3) is 4.04. The van der Waals surface area contributed by atoms with Gasteiger partial charge in [-0.3, -0.25) is 0 Å². The van der Waals surface area contributed by atoms with E-state index < -0.39 is 0 Å². The molecule has 1 atom stereocenters. The fourth-order valence-corrected chi connectivity index (χ4v) is 0.720. The van der Waals surface area contributed by atoms with Crippen LogP contribution < -0.4 is 0 Å². The predicted octanol–water partition coefficient (Wildman–Crippen LogP) is 2.26. The van der Waals surface area contributed by atoms with Gasteiger partial charge >= 0.3 is 0 Å². The van der Waals surface area contributed by atoms with Gasteiger partial charge in [-0.1, -0.05) is 6.92 Å². The van der Waals surface area contributed by atoms with Gasteiger partial charge in [0.05, 0.1) is 0 Å². The van der Waals surface area contributed by atoms with Crippen molar-refractivity contribution >= 4 is 0 Å². The fourth-order valence-electron chi connectivity index (χ4n) is 0.720. The van der Waals surface area contributed by atoms with Crippen LogP contribution in [0.2, 0.25) is 0 Å². The molecule has 0 aliphatic rings. The Morgan fingerprint density at radius 1 is 1.50 bits per heavy atom. The molecule has 0 aromatic rings. The molecule has 0 nitrogen and oxygen atoms in total. The van der Waals surface area contributed by atoms with Crippen LogP contribution in [0.3, 0.4) is 0 Å². The van der Waals surface area contributed by atoms with Crippen molar-refractivity contribution in [3.63, 3.8) is 0 Å². The predicted molar refractivity (Wildman–Crippen MR) is 45.0 cm³/mol. The van der Waals surface area contributed by atoms with Crippen molar-refractivity contribution in [2.45, 2.75) is 26.2 Å². The molecule has 0 rings (SSSR count). The summed E-state index contributed by atoms with van der Waals surface area (Å²) in [7, 11) is 0. The van der Waals surface area contributed by atoms with Crippen molar-refractivity contribution in [3.8, 4) is 24.7 Å². The summed E-state index contributed by atoms with van der Waals surface area (Å²) in [5.41, 5.74) is 0. The highest BCUT2D eigenvalue weighted by atomic mass is 14.0. The minimum absolute atomic E-state index is 0.383. The summed E-state index contributed by atoms with van der Waals surface area (Å²) in [5.74, 6) is 5.64. The maximum Gasteiger partial charge on any atom is 0.0200 e. The van der Waals surface area contributed by atoms with Crippen LogP contribution in [0.5, 0.6) is 0 Å². The Morgan fingerprint density at radius 3 is 2.60 bits per heavy atom. The van der Waals surface area contributed by atoms with Crippen LogP contribution in [0.25, 0.3) is 0 Å². The molecule has 0 spiro atoms. The summed E-state index contributed by atoms with van der Waals surface area (Å²) in [5, 5.41) is 0. The first-order chi connectivity index (χ1) is 4.85. The Labute approximate surface area is 64.0 Å². The van der Waals surface area contributed by atoms with Gasteiger partial charge in [0.2, 0.25) is 0 Å². The summed E-state index contributed by atoms with van der Waals surface area (Å²) < 4.78 is 0. The number of unbranched alkanes of at least 4 members (excludes halogenated alkanes) is 1. The fraction of sp³-hybridized carbons (Fsp3) is 0.500. The van der Waals surface area contributed by atoms with Crippen LogP contribution in [0.1, 0.15) is 26.2 Å². The molecule has 0 heterocycles. The molecule has 0 N–H and O–H groups in total. The van der Waals surface area contributed by atoms with Crippen molar-refractivity contribution in [1.82, 2.24) is 0 Å². The summed E-state index contributed by atoms with van der Waals surface area (Å²) >= 11 is 0. The highest BCUT2D eigenvalue weighted by molar-refractivity contribution is 4.98. The van der Waals surface area contributed by atoms with E-state index in [2.05, 4.69) is 25.2 Å². The van der Waals surface area contributed by atoms with Crippen LogP contribution in [-0.4, -0.2) is 0 Å². The highest BCUT2D eigenvalue weighted by Gasteiger charge is 1.99. The third-order valence-corrected chi connectivity index (χ3v) is 1.44. The van der Waals surface area contributed by atoms with Gasteiger partial charge in [0.15, 0.2) is 0 Å². The summed E-state index contributed by atoms with van der Waals surface area (Å²) in [6.07, 6.45) is 15.1. The van der Waals surface area contributed by atoms with Gasteiger partial charge in [0.1, 0.15) is 0 Å². The van der Waals surface area contributed by atoms with Crippen molar-refractivity contribution < 1.29 is 0 Å². The third-order valence-electron chi connectivity index (χ3n) is 1.44. The SMILES string of the molecule is C#CC[CH]CC(C#C)CC. The lowest BCUT2D eigenvalue weighted by Gasteiger charge is -2.03. The Bertz CT molecular complexity index is 142. The summed E-state index contributed by atoms with van der Waals surface area (Å²) in [6.45, 7) is 2.09. The molecule has 0 saturated carbocycles. The van der Waals surface area contributed by atoms with E-state index in [1.807, 2.05) is 0 Å². The molecule has 10 heavy (non-hydrogen) atoms. The van der Waals surface area contributed by atoms with Gasteiger partial charge in [0.25, 0.3) is 0 Å². The zero-order chi connectivity index (χ0) is 7.82. The van der Waals surface area contributed by atoms with Crippen molar-refractivity contribution in [1.29, 1.82) is 0 Å². The average Bonchev–Trinajstić information content (AvgIpc) is 1.99. The second-order valence-electron chi connectivity index (χ2n) is 2.20. The van der Waals surface area contributed by atoms with E-state index in [9.17, 15) is 0 Å². The van der Waals surface area contributed by atoms with Gasteiger partial charge in [-0.15, -0.1) is 24.7 Å². The van der Waals surface area contributed by atoms with E-state index >= 15 is 0 Å². The minimum Gasteiger partial charge on any atom is -0.120 e. The zero-order valence-corrected chi connectivity index (χ0v) is 6.43. The summed E-state index contributed by atoms with van der Waals surface area (Å²) in [6, 6.07) is 0. The molecule has 0 saturated heterocycles. The lowest BCUT2D eigenvalue weighted by molar-refractivity contribution is 0.634. The minimum atomic E-state index is 0.383. The van der Waals surface area contributed by atoms with Gasteiger partial charge in [-0.05, 0) is 19.3 Å². The largest absolute Gasteiger partial charge is 0.120 e. The van der Waals surface area contributed by atoms with Crippen molar-refractivity contribution in [2.24, 2.45) is 5.92 Å². The first-order valence-corrected chi connectivity index (χ1v) is 3.56. The second kappa shape index (κ2) is 6.24. The summed E-state index contributed by atoms with van der Waals surface area (Å²) in [4.78, 5) is 0. The maximum absolute atomic E-state index is 5.24. The first-order valence-electron chi connectivity index (χ1n) is 3.56. The smallest absolute Gasteiger partial charge is 0.0200 e. The molecule has 53 valence electrons. The van der Waals surface area contributed by atoms with Crippen LogP contribution in [0, 0.1) is 37.0 Å². The molecule has 0 bridgehead atoms. The lowest BCUT2D eigenvalue weighted by Crippen LogP contribution is -1.94. The molecule has 0 aromatic carbocycles. The number of hydrogen-bond acceptors (Lipinski definition) is 0. The Hall–Kier alpha value is -0.880. The highest BCUT2D eigenvalue weighted by Crippen LogP contribution is 2.09. The second-order valence-corrected chi connectivity index (χ2v) is 2.20. The van der Waals surface area contributed by atoms with E-state index in [1.165, 1.54) is 0 Å². The Balaban J connectivity index is 3.30. The Morgan fingerprint density at radius 2 is 2.20 bits per heavy atom. The molecule has 0 aromatic heterocycles. The first kappa shape index (κ1) is 9.12. The van der Waals surface area contributed by atoms with Crippen LogP contribution >= 0.6 is 0 Å². The average molecular weight is 133 g/mol. The molecule has 0 heteroatoms. The lowest BCUT2D eigenvalue weighted by atomic mass is 10.0. The van der Waals surface area contributed by atoms with Gasteiger partial charge in [0, 0.05) is 12.3 Å². The van der Waals surface area contributed by atoms with E-state index in [1.54, 1.807) is 0 Å². The molecular formula is C10H13. The van der Waals surface area contributed by atoms with E-state index in [0.29, 0.717) is 5.92 Å². The molecule has 1 radical (unpaired) electrons. The quantitative estimate of drug-likeness (QED) is 0.407. The van der Waals surface area contributed by atoms with Gasteiger partial charge in [-0.2, -0.15) is 0 Å². The van der Waals surface area contributed by atoms with Crippen molar-refractivity contribution in [2.75, 3.05) is 0 Å². The van der Waals surface area contributed by atoms with E-state index in [-0.39, 0.29) is 0 Å². The maximum atomic E-state index is 5.24. The monoisotopic (exact) mass is 133 g/mol.